The number of carbonyl (C=O) groups excluding carboxylic acids is 1. The van der Waals surface area contributed by atoms with Crippen LogP contribution in [0.4, 0.5) is 0 Å². The summed E-state index contributed by atoms with van der Waals surface area (Å²) < 4.78 is 7.35. The van der Waals surface area contributed by atoms with Gasteiger partial charge in [-0.15, -0.1) is 0 Å². The quantitative estimate of drug-likeness (QED) is 0.665. The van der Waals surface area contributed by atoms with Crippen LogP contribution >= 0.6 is 0 Å². The van der Waals surface area contributed by atoms with Crippen molar-refractivity contribution in [1.82, 2.24) is 24.4 Å². The molecule has 0 spiro atoms. The number of hydrogen-bond donors (Lipinski definition) is 1. The maximum absolute atomic E-state index is 13.0. The van der Waals surface area contributed by atoms with Gasteiger partial charge in [0.25, 0.3) is 5.56 Å². The molecule has 146 valence electrons. The molecule has 0 saturated carbocycles. The second-order valence-corrected chi connectivity index (χ2v) is 6.56. The normalized spacial score (nSPS) is 11.0. The maximum atomic E-state index is 13.0. The Morgan fingerprint density at radius 2 is 1.79 bits per heavy atom. The van der Waals surface area contributed by atoms with Gasteiger partial charge in [-0.05, 0) is 31.5 Å². The number of amides is 1. The van der Waals surface area contributed by atoms with E-state index in [-0.39, 0.29) is 36.2 Å². The first-order valence-electron chi connectivity index (χ1n) is 8.77. The molecule has 0 aliphatic carbocycles. The topological polar surface area (TPSA) is 108 Å². The molecule has 3 aromatic rings. The first-order chi connectivity index (χ1) is 13.4. The van der Waals surface area contributed by atoms with E-state index < -0.39 is 11.2 Å². The molecular formula is C19H21N5O4. The molecule has 0 bridgehead atoms. The summed E-state index contributed by atoms with van der Waals surface area (Å²) >= 11 is 0. The predicted molar refractivity (Wildman–Crippen MR) is 103 cm³/mol. The SMILES string of the molecule is COc1ccc(Cn2c(=O)c3nccnc3n(CC(=O)NC(C)C)c2=O)cc1. The van der Waals surface area contributed by atoms with Crippen LogP contribution in [0.2, 0.25) is 0 Å². The molecule has 0 radical (unpaired) electrons. The van der Waals surface area contributed by atoms with Crippen LogP contribution in [0.1, 0.15) is 19.4 Å². The smallest absolute Gasteiger partial charge is 0.333 e. The van der Waals surface area contributed by atoms with Crippen LogP contribution in [0.25, 0.3) is 11.2 Å². The molecule has 1 amide bonds. The van der Waals surface area contributed by atoms with Crippen molar-refractivity contribution in [2.75, 3.05) is 7.11 Å². The zero-order valence-electron chi connectivity index (χ0n) is 15.9. The molecule has 2 heterocycles. The highest BCUT2D eigenvalue weighted by molar-refractivity contribution is 5.78. The summed E-state index contributed by atoms with van der Waals surface area (Å²) in [5.74, 6) is 0.321. The summed E-state index contributed by atoms with van der Waals surface area (Å²) in [6.07, 6.45) is 2.76. The average Bonchev–Trinajstić information content (AvgIpc) is 2.68. The minimum atomic E-state index is -0.618. The van der Waals surface area contributed by atoms with E-state index in [1.165, 1.54) is 17.0 Å². The Morgan fingerprint density at radius 3 is 2.43 bits per heavy atom. The first kappa shape index (κ1) is 19.3. The van der Waals surface area contributed by atoms with Crippen LogP contribution in [-0.2, 0) is 17.9 Å². The van der Waals surface area contributed by atoms with E-state index in [2.05, 4.69) is 15.3 Å². The molecule has 0 aliphatic rings. The Kier molecular flexibility index (Phi) is 5.53. The van der Waals surface area contributed by atoms with Crippen LogP contribution in [0, 0.1) is 0 Å². The van der Waals surface area contributed by atoms with Gasteiger partial charge in [-0.2, -0.15) is 0 Å². The number of hydrogen-bond acceptors (Lipinski definition) is 6. The van der Waals surface area contributed by atoms with Gasteiger partial charge in [-0.25, -0.2) is 14.8 Å². The Hall–Kier alpha value is -3.49. The van der Waals surface area contributed by atoms with Gasteiger partial charge in [0, 0.05) is 18.4 Å². The van der Waals surface area contributed by atoms with Crippen LogP contribution in [0.3, 0.4) is 0 Å². The minimum absolute atomic E-state index is 0.0351. The molecule has 0 aliphatic heterocycles. The van der Waals surface area contributed by atoms with E-state index in [0.717, 1.165) is 10.1 Å². The van der Waals surface area contributed by atoms with Gasteiger partial charge in [0.2, 0.25) is 5.91 Å². The lowest BCUT2D eigenvalue weighted by Gasteiger charge is -2.14. The molecule has 9 nitrogen and oxygen atoms in total. The van der Waals surface area contributed by atoms with Crippen molar-refractivity contribution in [3.05, 3.63) is 63.1 Å². The van der Waals surface area contributed by atoms with Crippen molar-refractivity contribution < 1.29 is 9.53 Å². The highest BCUT2D eigenvalue weighted by Crippen LogP contribution is 2.11. The number of ether oxygens (including phenoxy) is 1. The third-order valence-electron chi connectivity index (χ3n) is 4.10. The number of benzene rings is 1. The van der Waals surface area contributed by atoms with E-state index >= 15 is 0 Å². The van der Waals surface area contributed by atoms with Gasteiger partial charge in [0.15, 0.2) is 11.2 Å². The number of methoxy groups -OCH3 is 1. The van der Waals surface area contributed by atoms with Gasteiger partial charge in [-0.3, -0.25) is 18.7 Å². The number of carbonyl (C=O) groups is 1. The molecule has 0 atom stereocenters. The Balaban J connectivity index is 2.10. The number of nitrogens with zero attached hydrogens (tertiary/aromatic N) is 4. The second-order valence-electron chi connectivity index (χ2n) is 6.56. The Morgan fingerprint density at radius 1 is 1.11 bits per heavy atom. The molecule has 1 aromatic carbocycles. The minimum Gasteiger partial charge on any atom is -0.497 e. The standard InChI is InChI=1S/C19H21N5O4/c1-12(2)22-15(25)11-23-17-16(20-8-9-21-17)18(26)24(19(23)27)10-13-4-6-14(28-3)7-5-13/h4-9,12H,10-11H2,1-3H3,(H,22,25). The average molecular weight is 383 g/mol. The molecule has 0 saturated heterocycles. The van der Waals surface area contributed by atoms with Crippen LogP contribution < -0.4 is 21.3 Å². The van der Waals surface area contributed by atoms with Crippen molar-refractivity contribution in [3.8, 4) is 5.75 Å². The highest BCUT2D eigenvalue weighted by atomic mass is 16.5. The van der Waals surface area contributed by atoms with Crippen molar-refractivity contribution in [3.63, 3.8) is 0 Å². The zero-order valence-corrected chi connectivity index (χ0v) is 15.9. The molecule has 1 N–H and O–H groups in total. The summed E-state index contributed by atoms with van der Waals surface area (Å²) in [4.78, 5) is 46.2. The van der Waals surface area contributed by atoms with E-state index in [4.69, 9.17) is 4.74 Å². The largest absolute Gasteiger partial charge is 0.497 e. The summed E-state index contributed by atoms with van der Waals surface area (Å²) in [6.45, 7) is 3.43. The van der Waals surface area contributed by atoms with Gasteiger partial charge in [-0.1, -0.05) is 12.1 Å². The number of aromatic nitrogens is 4. The van der Waals surface area contributed by atoms with E-state index in [0.29, 0.717) is 5.75 Å². The van der Waals surface area contributed by atoms with E-state index in [9.17, 15) is 14.4 Å². The molecule has 28 heavy (non-hydrogen) atoms. The van der Waals surface area contributed by atoms with Crippen molar-refractivity contribution in [1.29, 1.82) is 0 Å². The Bertz CT molecular complexity index is 1120. The predicted octanol–water partition coefficient (Wildman–Crippen LogP) is 0.535. The third-order valence-corrected chi connectivity index (χ3v) is 4.10. The number of fused-ring (bicyclic) bond motifs is 1. The fourth-order valence-electron chi connectivity index (χ4n) is 2.84. The second kappa shape index (κ2) is 8.03. The molecule has 2 aromatic heterocycles. The van der Waals surface area contributed by atoms with Crippen molar-refractivity contribution in [2.45, 2.75) is 33.0 Å². The lowest BCUT2D eigenvalue weighted by atomic mass is 10.2. The zero-order chi connectivity index (χ0) is 20.3. The van der Waals surface area contributed by atoms with Crippen molar-refractivity contribution >= 4 is 17.1 Å². The lowest BCUT2D eigenvalue weighted by molar-refractivity contribution is -0.122. The van der Waals surface area contributed by atoms with Crippen LogP contribution in [0.5, 0.6) is 5.75 Å². The van der Waals surface area contributed by atoms with Gasteiger partial charge in [0.05, 0.1) is 13.7 Å². The summed E-state index contributed by atoms with van der Waals surface area (Å²) in [5.41, 5.74) is -0.311. The molecule has 9 heteroatoms. The molecule has 0 fully saturated rings. The monoisotopic (exact) mass is 383 g/mol. The van der Waals surface area contributed by atoms with Gasteiger partial charge >= 0.3 is 5.69 Å². The maximum Gasteiger partial charge on any atom is 0.333 e. The summed E-state index contributed by atoms with van der Waals surface area (Å²) in [6, 6.07) is 6.94. The number of rotatable bonds is 6. The van der Waals surface area contributed by atoms with Crippen LogP contribution in [-0.4, -0.2) is 38.2 Å². The molecular weight excluding hydrogens is 362 g/mol. The summed E-state index contributed by atoms with van der Waals surface area (Å²) in [7, 11) is 1.56. The van der Waals surface area contributed by atoms with Crippen molar-refractivity contribution in [2.24, 2.45) is 0 Å². The lowest BCUT2D eigenvalue weighted by Crippen LogP contribution is -2.44. The summed E-state index contributed by atoms with van der Waals surface area (Å²) in [5, 5.41) is 2.73. The fourth-order valence-corrected chi connectivity index (χ4v) is 2.84. The Labute approximate surface area is 160 Å². The van der Waals surface area contributed by atoms with Gasteiger partial charge < -0.3 is 10.1 Å². The number of nitrogens with one attached hydrogen (secondary N) is 1. The first-order valence-corrected chi connectivity index (χ1v) is 8.77. The van der Waals surface area contributed by atoms with Crippen LogP contribution in [0.15, 0.2) is 46.2 Å². The fraction of sp³-hybridized carbons (Fsp3) is 0.316. The molecule has 0 unspecified atom stereocenters. The van der Waals surface area contributed by atoms with E-state index in [1.54, 1.807) is 31.4 Å². The van der Waals surface area contributed by atoms with E-state index in [1.807, 2.05) is 13.8 Å². The highest BCUT2D eigenvalue weighted by Gasteiger charge is 2.17. The third kappa shape index (κ3) is 3.93. The van der Waals surface area contributed by atoms with Gasteiger partial charge in [0.1, 0.15) is 12.3 Å². The molecule has 3 rings (SSSR count).